The maximum Gasteiger partial charge on any atom is 0.240 e. The zero-order valence-corrected chi connectivity index (χ0v) is 12.7. The summed E-state index contributed by atoms with van der Waals surface area (Å²) in [6, 6.07) is 6.80. The Morgan fingerprint density at radius 3 is 2.60 bits per heavy atom. The maximum absolute atomic E-state index is 11.6. The van der Waals surface area contributed by atoms with Gasteiger partial charge in [0.25, 0.3) is 0 Å². The number of hydrogen-bond donors (Lipinski definition) is 2. The van der Waals surface area contributed by atoms with Gasteiger partial charge in [0.1, 0.15) is 0 Å². The molecule has 2 atom stereocenters. The minimum atomic E-state index is -3.36. The summed E-state index contributed by atoms with van der Waals surface area (Å²) in [6.07, 6.45) is 2.45. The number of benzene rings is 1. The molecule has 0 aromatic heterocycles. The lowest BCUT2D eigenvalue weighted by molar-refractivity contribution is 0.0900. The summed E-state index contributed by atoms with van der Waals surface area (Å²) in [5, 5.41) is 3.35. The van der Waals surface area contributed by atoms with Crippen LogP contribution in [0.4, 0.5) is 5.69 Å². The topological polar surface area (TPSA) is 67.4 Å². The van der Waals surface area contributed by atoms with Crippen molar-refractivity contribution in [2.24, 2.45) is 5.92 Å². The van der Waals surface area contributed by atoms with E-state index in [1.165, 1.54) is 7.05 Å². The fraction of sp³-hybridized carbons (Fsp3) is 0.571. The van der Waals surface area contributed by atoms with Crippen molar-refractivity contribution in [1.29, 1.82) is 0 Å². The van der Waals surface area contributed by atoms with Crippen LogP contribution in [0.1, 0.15) is 19.8 Å². The van der Waals surface area contributed by atoms with Gasteiger partial charge in [-0.1, -0.05) is 6.92 Å². The Morgan fingerprint density at radius 1 is 1.30 bits per heavy atom. The van der Waals surface area contributed by atoms with E-state index in [1.54, 1.807) is 24.3 Å². The van der Waals surface area contributed by atoms with Gasteiger partial charge in [-0.2, -0.15) is 0 Å². The van der Waals surface area contributed by atoms with Gasteiger partial charge < -0.3 is 10.1 Å². The van der Waals surface area contributed by atoms with Crippen LogP contribution in [-0.2, 0) is 14.8 Å². The van der Waals surface area contributed by atoms with Crippen molar-refractivity contribution >= 4 is 15.7 Å². The van der Waals surface area contributed by atoms with E-state index in [0.29, 0.717) is 12.0 Å². The highest BCUT2D eigenvalue weighted by molar-refractivity contribution is 7.89. The monoisotopic (exact) mass is 298 g/mol. The van der Waals surface area contributed by atoms with Crippen molar-refractivity contribution < 1.29 is 13.2 Å². The van der Waals surface area contributed by atoms with Gasteiger partial charge in [-0.3, -0.25) is 0 Å². The van der Waals surface area contributed by atoms with E-state index in [2.05, 4.69) is 17.0 Å². The summed E-state index contributed by atoms with van der Waals surface area (Å²) in [6.45, 7) is 3.83. The Morgan fingerprint density at radius 2 is 2.00 bits per heavy atom. The van der Waals surface area contributed by atoms with Crippen LogP contribution in [0.3, 0.4) is 0 Å². The highest BCUT2D eigenvalue weighted by Gasteiger charge is 2.26. The summed E-state index contributed by atoms with van der Waals surface area (Å²) in [5.41, 5.74) is 0.932. The number of ether oxygens (including phenoxy) is 1. The molecule has 5 nitrogen and oxygen atoms in total. The molecule has 2 N–H and O–H groups in total. The molecule has 2 rings (SSSR count). The second-order valence-electron chi connectivity index (χ2n) is 4.98. The number of nitrogens with one attached hydrogen (secondary N) is 2. The lowest BCUT2D eigenvalue weighted by atomic mass is 9.99. The molecule has 112 valence electrons. The Bertz CT molecular complexity index is 528. The third kappa shape index (κ3) is 3.50. The van der Waals surface area contributed by atoms with Crippen LogP contribution in [-0.4, -0.2) is 34.7 Å². The molecule has 1 heterocycles. The molecule has 1 aliphatic heterocycles. The van der Waals surface area contributed by atoms with Crippen LogP contribution >= 0.6 is 0 Å². The molecular weight excluding hydrogens is 276 g/mol. The highest BCUT2D eigenvalue weighted by atomic mass is 32.2. The first-order valence-corrected chi connectivity index (χ1v) is 8.44. The van der Waals surface area contributed by atoms with Crippen LogP contribution in [0.5, 0.6) is 0 Å². The maximum atomic E-state index is 11.6. The van der Waals surface area contributed by atoms with E-state index in [1.807, 2.05) is 0 Å². The van der Waals surface area contributed by atoms with Crippen molar-refractivity contribution in [3.8, 4) is 0 Å². The van der Waals surface area contributed by atoms with Crippen molar-refractivity contribution in [3.63, 3.8) is 0 Å². The van der Waals surface area contributed by atoms with Crippen molar-refractivity contribution in [2.45, 2.75) is 30.8 Å². The second kappa shape index (κ2) is 6.56. The van der Waals surface area contributed by atoms with Crippen molar-refractivity contribution in [3.05, 3.63) is 24.3 Å². The number of rotatable bonds is 6. The van der Waals surface area contributed by atoms with E-state index in [-0.39, 0.29) is 4.90 Å². The molecule has 0 amide bonds. The normalized spacial score (nSPS) is 22.9. The standard InChI is InChI=1S/C14H22N2O3S/c1-3-14-11(8-9-19-14)10-16-12-4-6-13(7-5-12)20(17,18)15-2/h4-7,11,14-16H,3,8-10H2,1-2H3. The van der Waals surface area contributed by atoms with Gasteiger partial charge in [-0.15, -0.1) is 0 Å². The third-order valence-electron chi connectivity index (χ3n) is 3.75. The summed E-state index contributed by atoms with van der Waals surface area (Å²) in [4.78, 5) is 0.279. The first-order valence-electron chi connectivity index (χ1n) is 6.96. The van der Waals surface area contributed by atoms with E-state index >= 15 is 0 Å². The Balaban J connectivity index is 1.94. The predicted molar refractivity (Wildman–Crippen MR) is 79.3 cm³/mol. The molecule has 0 spiro atoms. The highest BCUT2D eigenvalue weighted by Crippen LogP contribution is 2.24. The predicted octanol–water partition coefficient (Wildman–Crippen LogP) is 1.82. The fourth-order valence-electron chi connectivity index (χ4n) is 2.50. The quantitative estimate of drug-likeness (QED) is 0.840. The fourth-order valence-corrected chi connectivity index (χ4v) is 3.23. The summed E-state index contributed by atoms with van der Waals surface area (Å²) in [7, 11) is -1.95. The van der Waals surface area contributed by atoms with Gasteiger partial charge in [0.05, 0.1) is 11.0 Å². The number of anilines is 1. The SMILES string of the molecule is CCC1OCCC1CNc1ccc(S(=O)(=O)NC)cc1. The minimum Gasteiger partial charge on any atom is -0.385 e. The molecule has 1 aromatic rings. The van der Waals surface area contributed by atoms with E-state index < -0.39 is 10.0 Å². The van der Waals surface area contributed by atoms with Crippen LogP contribution < -0.4 is 10.0 Å². The Labute approximate surface area is 120 Å². The van der Waals surface area contributed by atoms with Crippen LogP contribution in [0.25, 0.3) is 0 Å². The van der Waals surface area contributed by atoms with E-state index in [0.717, 1.165) is 31.7 Å². The third-order valence-corrected chi connectivity index (χ3v) is 5.18. The van der Waals surface area contributed by atoms with Gasteiger partial charge in [-0.25, -0.2) is 13.1 Å². The first-order chi connectivity index (χ1) is 9.56. The van der Waals surface area contributed by atoms with Gasteiger partial charge in [0.15, 0.2) is 0 Å². The van der Waals surface area contributed by atoms with E-state index in [4.69, 9.17) is 4.74 Å². The van der Waals surface area contributed by atoms with Gasteiger partial charge >= 0.3 is 0 Å². The number of sulfonamides is 1. The molecule has 0 bridgehead atoms. The lowest BCUT2D eigenvalue weighted by Crippen LogP contribution is -2.22. The summed E-state index contributed by atoms with van der Waals surface area (Å²) < 4.78 is 31.2. The first kappa shape index (κ1) is 15.3. The molecule has 1 fully saturated rings. The van der Waals surface area contributed by atoms with Gasteiger partial charge in [0.2, 0.25) is 10.0 Å². The van der Waals surface area contributed by atoms with Crippen LogP contribution in [0.15, 0.2) is 29.2 Å². The molecule has 1 aliphatic rings. The second-order valence-corrected chi connectivity index (χ2v) is 6.87. The zero-order valence-electron chi connectivity index (χ0n) is 11.9. The molecule has 1 saturated heterocycles. The van der Waals surface area contributed by atoms with E-state index in [9.17, 15) is 8.42 Å². The summed E-state index contributed by atoms with van der Waals surface area (Å²) in [5.74, 6) is 0.528. The zero-order chi connectivity index (χ0) is 14.6. The molecule has 0 aliphatic carbocycles. The molecule has 6 heteroatoms. The molecule has 0 saturated carbocycles. The Kier molecular flexibility index (Phi) is 5.01. The largest absolute Gasteiger partial charge is 0.385 e. The Hall–Kier alpha value is -1.11. The average molecular weight is 298 g/mol. The molecular formula is C14H22N2O3S. The lowest BCUT2D eigenvalue weighted by Gasteiger charge is -2.18. The minimum absolute atomic E-state index is 0.279. The van der Waals surface area contributed by atoms with Crippen molar-refractivity contribution in [2.75, 3.05) is 25.5 Å². The summed E-state index contributed by atoms with van der Waals surface area (Å²) >= 11 is 0. The van der Waals surface area contributed by atoms with Crippen LogP contribution in [0, 0.1) is 5.92 Å². The van der Waals surface area contributed by atoms with Gasteiger partial charge in [-0.05, 0) is 44.2 Å². The molecule has 2 unspecified atom stereocenters. The van der Waals surface area contributed by atoms with Crippen LogP contribution in [0.2, 0.25) is 0 Å². The molecule has 0 radical (unpaired) electrons. The number of hydrogen-bond acceptors (Lipinski definition) is 4. The molecule has 1 aromatic carbocycles. The molecule has 20 heavy (non-hydrogen) atoms. The average Bonchev–Trinajstić information content (AvgIpc) is 2.93. The van der Waals surface area contributed by atoms with Gasteiger partial charge in [0, 0.05) is 24.8 Å². The van der Waals surface area contributed by atoms with Crippen molar-refractivity contribution in [1.82, 2.24) is 4.72 Å². The smallest absolute Gasteiger partial charge is 0.240 e.